The molecule has 4 aromatic rings. The molecule has 2 aliphatic rings. The molecule has 1 saturated heterocycles. The van der Waals surface area contributed by atoms with E-state index in [-0.39, 0.29) is 5.56 Å². The molecule has 1 aliphatic heterocycles. The first kappa shape index (κ1) is 46.7. The van der Waals surface area contributed by atoms with Gasteiger partial charge in [-0.3, -0.25) is 9.69 Å². The lowest BCUT2D eigenvalue weighted by atomic mass is 9.75. The molecule has 0 radical (unpaired) electrons. The lowest BCUT2D eigenvalue weighted by Gasteiger charge is -2.32. The average Bonchev–Trinajstić information content (AvgIpc) is 3.25. The van der Waals surface area contributed by atoms with E-state index >= 15 is 0 Å². The highest BCUT2D eigenvalue weighted by atomic mass is 35.5. The van der Waals surface area contributed by atoms with Gasteiger partial charge < -0.3 is 20.7 Å². The van der Waals surface area contributed by atoms with Gasteiger partial charge in [-0.15, -0.1) is 11.8 Å². The number of benzene rings is 4. The van der Waals surface area contributed by atoms with E-state index in [1.54, 1.807) is 12.1 Å². The third-order valence-electron chi connectivity index (χ3n) is 10.9. The summed E-state index contributed by atoms with van der Waals surface area (Å²) in [6.07, 6.45) is 5.14. The minimum Gasteiger partial charge on any atom is -0.384 e. The van der Waals surface area contributed by atoms with Crippen LogP contribution in [0, 0.1) is 5.92 Å². The number of anilines is 2. The second-order valence-corrected chi connectivity index (χ2v) is 20.3. The number of nitrogens with one attached hydrogen (secondary N) is 4. The fraction of sp³-hybridized carbons (Fsp3) is 0.419. The van der Waals surface area contributed by atoms with E-state index in [1.165, 1.54) is 42.3 Å². The first-order valence-electron chi connectivity index (χ1n) is 20.3. The number of sulfone groups is 1. The normalized spacial score (nSPS) is 18.3. The van der Waals surface area contributed by atoms with Crippen LogP contribution >= 0.6 is 23.4 Å². The summed E-state index contributed by atoms with van der Waals surface area (Å²) < 4.78 is 102. The van der Waals surface area contributed by atoms with E-state index < -0.39 is 52.8 Å². The second-order valence-electron chi connectivity index (χ2n) is 15.2. The Labute approximate surface area is 365 Å². The Balaban J connectivity index is 1.08. The maximum absolute atomic E-state index is 14.1. The number of hydrogen-bond donors (Lipinski definition) is 4. The van der Waals surface area contributed by atoms with Crippen LogP contribution in [0.2, 0.25) is 5.02 Å². The molecule has 4 aromatic carbocycles. The summed E-state index contributed by atoms with van der Waals surface area (Å²) in [5.41, 5.74) is -4.17. The van der Waals surface area contributed by atoms with E-state index in [1.807, 2.05) is 47.2 Å². The van der Waals surface area contributed by atoms with Gasteiger partial charge in [-0.1, -0.05) is 54.8 Å². The van der Waals surface area contributed by atoms with E-state index in [4.69, 9.17) is 16.3 Å². The monoisotopic (exact) mass is 921 g/mol. The van der Waals surface area contributed by atoms with Gasteiger partial charge in [0, 0.05) is 65.7 Å². The summed E-state index contributed by atoms with van der Waals surface area (Å²) >= 11 is 7.55. The highest BCUT2D eigenvalue weighted by molar-refractivity contribution is 7.99. The lowest BCUT2D eigenvalue weighted by molar-refractivity contribution is -0.0435. The number of sulfonamides is 1. The minimum absolute atomic E-state index is 0.0294. The van der Waals surface area contributed by atoms with E-state index in [0.29, 0.717) is 81.7 Å². The molecule has 0 aromatic heterocycles. The number of carbonyl (C=O) groups is 1. The standard InChI is InChI=1S/C43H51ClF3N5O6S3/c44-34-14-10-31(11-15-34)39-9-5-4-6-33(39)29-48-21-22-49-35-16-12-32(13-17-35)42(53)51-61(56,57)38-18-19-40(41(28-38)60(54,55)43(45,46)47)50-36(20-23-52-24-26-58-27-25-52)30-59-37-7-2-1-3-8-37/h1-3,7-8,10-19,28,33,36,39,48-50H,4-6,9,20-27,29-30H2,(H,51,53)/t33-,36-,39-/m1/s1. The van der Waals surface area contributed by atoms with Crippen molar-refractivity contribution in [3.05, 3.63) is 113 Å². The molecule has 1 heterocycles. The number of carbonyl (C=O) groups excluding carboxylic acids is 1. The van der Waals surface area contributed by atoms with E-state index in [0.717, 1.165) is 41.4 Å². The van der Waals surface area contributed by atoms with Crippen LogP contribution < -0.4 is 20.7 Å². The predicted octanol–water partition coefficient (Wildman–Crippen LogP) is 8.02. The van der Waals surface area contributed by atoms with Crippen LogP contribution in [0.1, 0.15) is 53.9 Å². The number of hydrogen-bond acceptors (Lipinski definition) is 11. The van der Waals surface area contributed by atoms with Crippen molar-refractivity contribution >= 4 is 60.5 Å². The summed E-state index contributed by atoms with van der Waals surface area (Å²) in [5.74, 6) is 0.313. The van der Waals surface area contributed by atoms with Crippen LogP contribution in [-0.2, 0) is 24.6 Å². The van der Waals surface area contributed by atoms with Crippen molar-refractivity contribution in [2.75, 3.05) is 68.9 Å². The molecule has 6 rings (SSSR count). The van der Waals surface area contributed by atoms with Gasteiger partial charge in [0.25, 0.3) is 25.8 Å². The number of rotatable bonds is 19. The number of alkyl halides is 3. The molecule has 330 valence electrons. The van der Waals surface area contributed by atoms with Gasteiger partial charge in [0.2, 0.25) is 0 Å². The van der Waals surface area contributed by atoms with Crippen LogP contribution in [0.5, 0.6) is 0 Å². The first-order valence-corrected chi connectivity index (χ1v) is 24.6. The average molecular weight is 923 g/mol. The molecule has 1 saturated carbocycles. The predicted molar refractivity (Wildman–Crippen MR) is 235 cm³/mol. The zero-order valence-corrected chi connectivity index (χ0v) is 36.7. The molecule has 61 heavy (non-hydrogen) atoms. The second kappa shape index (κ2) is 21.5. The number of nitrogens with zero attached hydrogens (tertiary/aromatic N) is 1. The Hall–Kier alpha value is -3.84. The summed E-state index contributed by atoms with van der Waals surface area (Å²) in [4.78, 5) is 14.1. The largest absolute Gasteiger partial charge is 0.501 e. The highest BCUT2D eigenvalue weighted by Crippen LogP contribution is 2.39. The van der Waals surface area contributed by atoms with Crippen molar-refractivity contribution < 1.29 is 39.5 Å². The molecular formula is C43H51ClF3N5O6S3. The molecule has 11 nitrogen and oxygen atoms in total. The molecule has 1 amide bonds. The van der Waals surface area contributed by atoms with Crippen LogP contribution in [-0.4, -0.2) is 97.4 Å². The van der Waals surface area contributed by atoms with Crippen molar-refractivity contribution in [3.63, 3.8) is 0 Å². The Morgan fingerprint density at radius 3 is 2.30 bits per heavy atom. The maximum Gasteiger partial charge on any atom is 0.501 e. The molecular weight excluding hydrogens is 871 g/mol. The van der Waals surface area contributed by atoms with Crippen molar-refractivity contribution in [2.24, 2.45) is 5.92 Å². The quantitative estimate of drug-likeness (QED) is 0.0536. The van der Waals surface area contributed by atoms with Gasteiger partial charge in [0.05, 0.1) is 23.8 Å². The zero-order chi connectivity index (χ0) is 43.5. The zero-order valence-electron chi connectivity index (χ0n) is 33.5. The molecule has 3 atom stereocenters. The van der Waals surface area contributed by atoms with Gasteiger partial charge in [0.1, 0.15) is 4.90 Å². The van der Waals surface area contributed by atoms with E-state index in [9.17, 15) is 34.8 Å². The van der Waals surface area contributed by atoms with E-state index in [2.05, 4.69) is 33.0 Å². The molecule has 0 spiro atoms. The van der Waals surface area contributed by atoms with Crippen LogP contribution in [0.15, 0.2) is 112 Å². The third-order valence-corrected chi connectivity index (χ3v) is 15.2. The smallest absolute Gasteiger partial charge is 0.384 e. The molecule has 0 bridgehead atoms. The Morgan fingerprint density at radius 1 is 0.885 bits per heavy atom. The molecule has 4 N–H and O–H groups in total. The number of amides is 1. The summed E-state index contributed by atoms with van der Waals surface area (Å²) in [6.45, 7) is 5.17. The summed E-state index contributed by atoms with van der Waals surface area (Å²) in [6, 6.07) is 25.4. The van der Waals surface area contributed by atoms with Gasteiger partial charge in [-0.2, -0.15) is 13.2 Å². The van der Waals surface area contributed by atoms with Crippen molar-refractivity contribution in [3.8, 4) is 0 Å². The molecule has 2 fully saturated rings. The SMILES string of the molecule is O=C(NS(=O)(=O)c1ccc(N[C@H](CCN2CCOCC2)CSc2ccccc2)c(S(=O)(=O)C(F)(F)F)c1)c1ccc(NCCNC[C@H]2CCCC[C@@H]2c2ccc(Cl)cc2)cc1. The number of thioether (sulfide) groups is 1. The van der Waals surface area contributed by atoms with Crippen LogP contribution in [0.3, 0.4) is 0 Å². The topological polar surface area (TPSA) is 146 Å². The Kier molecular flexibility index (Phi) is 16.4. The fourth-order valence-corrected chi connectivity index (χ4v) is 10.7. The molecule has 0 unspecified atom stereocenters. The van der Waals surface area contributed by atoms with Crippen molar-refractivity contribution in [1.29, 1.82) is 0 Å². The molecule has 1 aliphatic carbocycles. The van der Waals surface area contributed by atoms with Crippen molar-refractivity contribution in [1.82, 2.24) is 14.9 Å². The lowest BCUT2D eigenvalue weighted by Crippen LogP contribution is -2.39. The fourth-order valence-electron chi connectivity index (χ4n) is 7.59. The summed E-state index contributed by atoms with van der Waals surface area (Å²) in [7, 11) is -10.9. The number of morpholine rings is 1. The number of halogens is 4. The van der Waals surface area contributed by atoms with Crippen LogP contribution in [0.25, 0.3) is 0 Å². The Morgan fingerprint density at radius 2 is 1.59 bits per heavy atom. The Bertz CT molecular complexity index is 2270. The van der Waals surface area contributed by atoms with Gasteiger partial charge >= 0.3 is 5.51 Å². The van der Waals surface area contributed by atoms with Gasteiger partial charge in [0.15, 0.2) is 0 Å². The highest BCUT2D eigenvalue weighted by Gasteiger charge is 2.48. The number of ether oxygens (including phenoxy) is 1. The third kappa shape index (κ3) is 13.1. The van der Waals surface area contributed by atoms with Crippen LogP contribution in [0.4, 0.5) is 24.5 Å². The van der Waals surface area contributed by atoms with Crippen molar-refractivity contribution in [2.45, 2.75) is 64.3 Å². The van der Waals surface area contributed by atoms with Gasteiger partial charge in [-0.25, -0.2) is 21.6 Å². The summed E-state index contributed by atoms with van der Waals surface area (Å²) in [5, 5.41) is 10.5. The molecule has 18 heteroatoms. The van der Waals surface area contributed by atoms with Gasteiger partial charge in [-0.05, 0) is 110 Å². The minimum atomic E-state index is -6.05. The maximum atomic E-state index is 14.1. The first-order chi connectivity index (χ1) is 29.2.